The van der Waals surface area contributed by atoms with Crippen molar-refractivity contribution in [1.29, 1.82) is 0 Å². The van der Waals surface area contributed by atoms with Crippen LogP contribution in [-0.4, -0.2) is 127 Å². The standard InChI is InChI=1S/C30H32N6O15S/c1-5-34-8-9-35(27(44)26(34)43)30(47)32-20(16-6-7-18(49-13(2)38)19(10-16)50-14(3)39)23(41)33-24(51-15(4)40)17-11-52(48)28-21(31-12-37)25(42)36(28)22(17)29(45)46/h6-7,10,12,20-21,24,28H,5,8-9,11H2,1-4H3,(H,31,37)(H,32,47)(H,33,41)(H,45,46)/t20?,21-,24?,28+,52?/m0/s1. The van der Waals surface area contributed by atoms with Crippen LogP contribution in [0.2, 0.25) is 0 Å². The normalized spacial score (nSPS) is 20.8. The van der Waals surface area contributed by atoms with Gasteiger partial charge in [-0.25, -0.2) is 9.59 Å². The molecule has 0 bridgehead atoms. The number of carbonyl (C=O) groups excluding carboxylic acids is 9. The first-order chi connectivity index (χ1) is 24.5. The predicted molar refractivity (Wildman–Crippen MR) is 169 cm³/mol. The van der Waals surface area contributed by atoms with Gasteiger partial charge in [-0.05, 0) is 24.6 Å². The Balaban J connectivity index is 1.78. The Hall–Kier alpha value is -6.19. The lowest BCUT2D eigenvalue weighted by Gasteiger charge is -2.49. The van der Waals surface area contributed by atoms with Crippen LogP contribution in [0.5, 0.6) is 11.5 Å². The van der Waals surface area contributed by atoms with E-state index in [1.54, 1.807) is 6.92 Å². The Bertz CT molecular complexity index is 1830. The van der Waals surface area contributed by atoms with Crippen LogP contribution in [0.25, 0.3) is 0 Å². The van der Waals surface area contributed by atoms with Crippen LogP contribution in [0.15, 0.2) is 29.5 Å². The van der Waals surface area contributed by atoms with Gasteiger partial charge < -0.3 is 40.2 Å². The fourth-order valence-electron chi connectivity index (χ4n) is 5.52. The zero-order valence-electron chi connectivity index (χ0n) is 27.9. The largest absolute Gasteiger partial charge is 0.477 e. The minimum Gasteiger partial charge on any atom is -0.477 e. The lowest BCUT2D eigenvalue weighted by Crippen LogP contribution is -2.73. The molecule has 2 saturated heterocycles. The number of nitrogens with one attached hydrogen (secondary N) is 3. The molecule has 0 spiro atoms. The summed E-state index contributed by atoms with van der Waals surface area (Å²) in [4.78, 5) is 127. The van der Waals surface area contributed by atoms with E-state index in [-0.39, 0.29) is 37.4 Å². The molecule has 4 N–H and O–H groups in total. The number of rotatable bonds is 12. The smallest absolute Gasteiger partial charge is 0.352 e. The Morgan fingerprint density at radius 2 is 1.62 bits per heavy atom. The van der Waals surface area contributed by atoms with Crippen LogP contribution in [-0.2, 0) is 58.7 Å². The quantitative estimate of drug-likeness (QED) is 0.0425. The summed E-state index contributed by atoms with van der Waals surface area (Å²) in [6.07, 6.45) is -1.86. The van der Waals surface area contributed by atoms with Crippen molar-refractivity contribution in [2.45, 2.75) is 51.4 Å². The molecule has 3 heterocycles. The van der Waals surface area contributed by atoms with Gasteiger partial charge in [0.15, 0.2) is 11.5 Å². The zero-order valence-corrected chi connectivity index (χ0v) is 28.7. The van der Waals surface area contributed by atoms with E-state index < -0.39 is 111 Å². The summed E-state index contributed by atoms with van der Waals surface area (Å²) in [6, 6.07) is -1.20. The lowest BCUT2D eigenvalue weighted by molar-refractivity contribution is -0.153. The number of fused-ring (bicyclic) bond motifs is 1. The summed E-state index contributed by atoms with van der Waals surface area (Å²) in [5.74, 6) is -10.3. The molecule has 278 valence electrons. The van der Waals surface area contributed by atoms with Crippen molar-refractivity contribution < 1.29 is 71.5 Å². The minimum atomic E-state index is -2.10. The molecule has 5 atom stereocenters. The molecule has 3 aliphatic heterocycles. The number of urea groups is 1. The minimum absolute atomic E-state index is 0.0315. The molecule has 21 nitrogen and oxygen atoms in total. The second-order valence-corrected chi connectivity index (χ2v) is 12.7. The number of ether oxygens (including phenoxy) is 3. The van der Waals surface area contributed by atoms with Crippen molar-refractivity contribution in [2.24, 2.45) is 0 Å². The van der Waals surface area contributed by atoms with Crippen LogP contribution in [0.1, 0.15) is 39.3 Å². The average Bonchev–Trinajstić information content (AvgIpc) is 3.06. The predicted octanol–water partition coefficient (Wildman–Crippen LogP) is -2.63. The molecule has 4 rings (SSSR count). The first-order valence-corrected chi connectivity index (χ1v) is 16.6. The SMILES string of the molecule is CCN1CCN(C(=O)NC(C(=O)NC(OC(C)=O)C2=C(C(=O)O)N3C(=O)[C@H](NC=O)[C@H]3S(=O)C2)c2ccc(OC(C)=O)c(OC(C)=O)c2)C(=O)C1=O. The van der Waals surface area contributed by atoms with Gasteiger partial charge in [-0.1, -0.05) is 6.07 Å². The highest BCUT2D eigenvalue weighted by molar-refractivity contribution is 7.86. The highest BCUT2D eigenvalue weighted by Gasteiger charge is 2.57. The molecule has 3 unspecified atom stereocenters. The molecule has 3 aliphatic rings. The number of hydrogen-bond acceptors (Lipinski definition) is 14. The molecule has 22 heteroatoms. The van der Waals surface area contributed by atoms with E-state index in [0.717, 1.165) is 39.0 Å². The summed E-state index contributed by atoms with van der Waals surface area (Å²) in [7, 11) is -2.10. The Morgan fingerprint density at radius 1 is 0.962 bits per heavy atom. The van der Waals surface area contributed by atoms with E-state index in [1.165, 1.54) is 4.90 Å². The van der Waals surface area contributed by atoms with Crippen LogP contribution in [0.3, 0.4) is 0 Å². The van der Waals surface area contributed by atoms with Crippen molar-refractivity contribution in [3.05, 3.63) is 35.0 Å². The third-order valence-corrected chi connectivity index (χ3v) is 9.37. The Morgan fingerprint density at radius 3 is 2.19 bits per heavy atom. The van der Waals surface area contributed by atoms with Crippen molar-refractivity contribution in [1.82, 2.24) is 30.7 Å². The van der Waals surface area contributed by atoms with Gasteiger partial charge in [-0.3, -0.25) is 52.4 Å². The molecule has 7 amide bonds. The Kier molecular flexibility index (Phi) is 11.7. The monoisotopic (exact) mass is 748 g/mol. The number of β-lactam (4-membered cyclic amide) rings is 1. The zero-order chi connectivity index (χ0) is 38.6. The second-order valence-electron chi connectivity index (χ2n) is 11.2. The van der Waals surface area contributed by atoms with Gasteiger partial charge in [-0.2, -0.15) is 0 Å². The topological polar surface area (TPSA) is 281 Å². The van der Waals surface area contributed by atoms with Crippen molar-refractivity contribution in [3.8, 4) is 11.5 Å². The summed E-state index contributed by atoms with van der Waals surface area (Å²) >= 11 is 0. The number of carbonyl (C=O) groups is 10. The van der Waals surface area contributed by atoms with E-state index in [2.05, 4.69) is 16.0 Å². The number of nitrogens with zero attached hydrogens (tertiary/aromatic N) is 3. The van der Waals surface area contributed by atoms with Gasteiger partial charge in [0.2, 0.25) is 18.5 Å². The molecule has 0 radical (unpaired) electrons. The fraction of sp³-hybridized carbons (Fsp3) is 0.400. The first-order valence-electron chi connectivity index (χ1n) is 15.3. The number of imide groups is 1. The molecule has 0 aliphatic carbocycles. The van der Waals surface area contributed by atoms with Crippen molar-refractivity contribution in [3.63, 3.8) is 0 Å². The van der Waals surface area contributed by atoms with Gasteiger partial charge in [0.05, 0.1) is 16.6 Å². The number of amides is 7. The molecule has 2 fully saturated rings. The van der Waals surface area contributed by atoms with E-state index in [1.807, 2.05) is 0 Å². The van der Waals surface area contributed by atoms with Crippen LogP contribution >= 0.6 is 0 Å². The number of carboxylic acid groups (broad SMARTS) is 1. The molecular weight excluding hydrogens is 716 g/mol. The van der Waals surface area contributed by atoms with E-state index >= 15 is 0 Å². The van der Waals surface area contributed by atoms with Crippen molar-refractivity contribution in [2.75, 3.05) is 25.4 Å². The maximum absolute atomic E-state index is 14.1. The van der Waals surface area contributed by atoms with Gasteiger partial charge in [0.1, 0.15) is 23.2 Å². The number of esters is 3. The maximum Gasteiger partial charge on any atom is 0.352 e. The third kappa shape index (κ3) is 7.90. The summed E-state index contributed by atoms with van der Waals surface area (Å²) in [5, 5.41) is 15.5. The van der Waals surface area contributed by atoms with E-state index in [4.69, 9.17) is 14.2 Å². The number of piperazine rings is 1. The summed E-state index contributed by atoms with van der Waals surface area (Å²) < 4.78 is 28.6. The number of carboxylic acids is 1. The molecule has 0 aromatic heterocycles. The van der Waals surface area contributed by atoms with Gasteiger partial charge in [0, 0.05) is 46.0 Å². The Labute approximate surface area is 296 Å². The number of aliphatic carboxylic acids is 1. The highest BCUT2D eigenvalue weighted by atomic mass is 32.2. The van der Waals surface area contributed by atoms with Gasteiger partial charge >= 0.3 is 41.7 Å². The second kappa shape index (κ2) is 15.8. The van der Waals surface area contributed by atoms with Crippen LogP contribution in [0.4, 0.5) is 4.79 Å². The van der Waals surface area contributed by atoms with E-state index in [0.29, 0.717) is 9.80 Å². The maximum atomic E-state index is 14.1. The fourth-order valence-corrected chi connectivity index (χ4v) is 7.22. The van der Waals surface area contributed by atoms with Crippen LogP contribution < -0.4 is 25.4 Å². The van der Waals surface area contributed by atoms with E-state index in [9.17, 15) is 57.3 Å². The summed E-state index contributed by atoms with van der Waals surface area (Å²) in [6.45, 7) is 4.46. The molecule has 0 saturated carbocycles. The average molecular weight is 749 g/mol. The van der Waals surface area contributed by atoms with Gasteiger partial charge in [-0.15, -0.1) is 0 Å². The molecular formula is C30H32N6O15S. The lowest BCUT2D eigenvalue weighted by atomic mass is 10.0. The van der Waals surface area contributed by atoms with Crippen molar-refractivity contribution >= 4 is 70.7 Å². The highest BCUT2D eigenvalue weighted by Crippen LogP contribution is 2.36. The molecule has 1 aromatic rings. The summed E-state index contributed by atoms with van der Waals surface area (Å²) in [5.41, 5.74) is -1.51. The number of benzene rings is 1. The first kappa shape index (κ1) is 38.6. The van der Waals surface area contributed by atoms with Gasteiger partial charge in [0.25, 0.3) is 5.91 Å². The molecule has 52 heavy (non-hydrogen) atoms. The third-order valence-electron chi connectivity index (χ3n) is 7.75. The number of likely N-dealkylation sites (N-methyl/N-ethyl adjacent to an activating group) is 1. The number of hydrogen-bond donors (Lipinski definition) is 4. The molecule has 1 aromatic carbocycles. The van der Waals surface area contributed by atoms with Crippen LogP contribution in [0, 0.1) is 0 Å².